The predicted octanol–water partition coefficient (Wildman–Crippen LogP) is 1.74. The van der Waals surface area contributed by atoms with Crippen molar-refractivity contribution in [3.05, 3.63) is 17.5 Å². The average Bonchev–Trinajstić information content (AvgIpc) is 2.51. The van der Waals surface area contributed by atoms with E-state index in [0.29, 0.717) is 24.1 Å². The number of piperidine rings is 1. The summed E-state index contributed by atoms with van der Waals surface area (Å²) in [6, 6.07) is 1.93. The fourth-order valence-corrected chi connectivity index (χ4v) is 3.64. The molecule has 8 heteroatoms. The second-order valence-electron chi connectivity index (χ2n) is 6.18. The normalized spacial score (nSPS) is 16.3. The van der Waals surface area contributed by atoms with Gasteiger partial charge in [-0.15, -0.1) is 12.4 Å². The molecule has 1 aromatic heterocycles. The van der Waals surface area contributed by atoms with Crippen molar-refractivity contribution in [2.75, 3.05) is 39.1 Å². The van der Waals surface area contributed by atoms with E-state index in [1.165, 1.54) is 11.8 Å². The number of ether oxygens (including phenoxy) is 1. The molecule has 0 bridgehead atoms. The summed E-state index contributed by atoms with van der Waals surface area (Å²) in [6.45, 7) is 7.17. The van der Waals surface area contributed by atoms with Crippen molar-refractivity contribution in [2.45, 2.75) is 31.8 Å². The zero-order chi connectivity index (χ0) is 16.7. The van der Waals surface area contributed by atoms with Gasteiger partial charge in [-0.25, -0.2) is 9.97 Å². The molecular formula is C16H27ClN4O2S. The van der Waals surface area contributed by atoms with Crippen LogP contribution in [0.25, 0.3) is 0 Å². The number of rotatable bonds is 7. The first-order valence-electron chi connectivity index (χ1n) is 7.94. The average molecular weight is 375 g/mol. The summed E-state index contributed by atoms with van der Waals surface area (Å²) in [4.78, 5) is 20.8. The molecule has 0 saturated carbocycles. The summed E-state index contributed by atoms with van der Waals surface area (Å²) in [6.07, 6.45) is 2.04. The van der Waals surface area contributed by atoms with Gasteiger partial charge in [0.1, 0.15) is 0 Å². The molecule has 0 atom stereocenters. The van der Waals surface area contributed by atoms with Crippen LogP contribution in [0.3, 0.4) is 0 Å². The van der Waals surface area contributed by atoms with Crippen LogP contribution in [-0.4, -0.2) is 55.0 Å². The number of methoxy groups -OCH3 is 1. The number of halogens is 1. The Balaban J connectivity index is 0.00000288. The number of hydrogen-bond donors (Lipinski definition) is 2. The smallest absolute Gasteiger partial charge is 0.230 e. The van der Waals surface area contributed by atoms with E-state index in [-0.39, 0.29) is 23.7 Å². The minimum atomic E-state index is 0. The van der Waals surface area contributed by atoms with Gasteiger partial charge in [0, 0.05) is 30.5 Å². The van der Waals surface area contributed by atoms with Crippen molar-refractivity contribution < 1.29 is 9.53 Å². The van der Waals surface area contributed by atoms with Gasteiger partial charge in [0.15, 0.2) is 5.16 Å². The molecule has 1 aromatic rings. The summed E-state index contributed by atoms with van der Waals surface area (Å²) >= 11 is 1.38. The Labute approximate surface area is 154 Å². The minimum absolute atomic E-state index is 0. The summed E-state index contributed by atoms with van der Waals surface area (Å²) in [5.74, 6) is 0.358. The number of aryl methyl sites for hydroxylation is 2. The lowest BCUT2D eigenvalue weighted by atomic mass is 9.79. The lowest BCUT2D eigenvalue weighted by Crippen LogP contribution is -2.47. The number of amides is 1. The lowest BCUT2D eigenvalue weighted by molar-refractivity contribution is -0.119. The molecule has 0 spiro atoms. The second kappa shape index (κ2) is 10.2. The van der Waals surface area contributed by atoms with E-state index in [1.807, 2.05) is 19.9 Å². The van der Waals surface area contributed by atoms with Crippen LogP contribution >= 0.6 is 24.2 Å². The van der Waals surface area contributed by atoms with E-state index in [1.54, 1.807) is 7.11 Å². The third-order valence-corrected chi connectivity index (χ3v) is 4.92. The number of carbonyl (C=O) groups excluding carboxylic acids is 1. The largest absolute Gasteiger partial charge is 0.384 e. The van der Waals surface area contributed by atoms with Gasteiger partial charge in [-0.05, 0) is 45.8 Å². The highest BCUT2D eigenvalue weighted by Gasteiger charge is 2.32. The summed E-state index contributed by atoms with van der Waals surface area (Å²) in [5, 5.41) is 7.07. The molecule has 1 aliphatic rings. The van der Waals surface area contributed by atoms with Gasteiger partial charge < -0.3 is 15.4 Å². The van der Waals surface area contributed by atoms with Crippen molar-refractivity contribution in [3.63, 3.8) is 0 Å². The Morgan fingerprint density at radius 2 is 1.96 bits per heavy atom. The SMILES string of the molecule is COCC1(CNC(=O)CSc2nc(C)cc(C)n2)CCNCC1.Cl. The van der Waals surface area contributed by atoms with Gasteiger partial charge >= 0.3 is 0 Å². The summed E-state index contributed by atoms with van der Waals surface area (Å²) in [5.41, 5.74) is 1.90. The van der Waals surface area contributed by atoms with Gasteiger partial charge in [0.25, 0.3) is 0 Å². The number of thioether (sulfide) groups is 1. The van der Waals surface area contributed by atoms with E-state index in [4.69, 9.17) is 4.74 Å². The molecule has 0 aromatic carbocycles. The molecule has 0 unspecified atom stereocenters. The van der Waals surface area contributed by atoms with E-state index in [9.17, 15) is 4.79 Å². The van der Waals surface area contributed by atoms with E-state index in [2.05, 4.69) is 20.6 Å². The predicted molar refractivity (Wildman–Crippen MR) is 98.9 cm³/mol. The van der Waals surface area contributed by atoms with Gasteiger partial charge in [0.2, 0.25) is 5.91 Å². The number of hydrogen-bond acceptors (Lipinski definition) is 6. The lowest BCUT2D eigenvalue weighted by Gasteiger charge is -2.37. The van der Waals surface area contributed by atoms with Crippen molar-refractivity contribution in [1.82, 2.24) is 20.6 Å². The molecule has 2 N–H and O–H groups in total. The van der Waals surface area contributed by atoms with Crippen LogP contribution in [-0.2, 0) is 9.53 Å². The number of carbonyl (C=O) groups is 1. The Hall–Kier alpha value is -0.890. The quantitative estimate of drug-likeness (QED) is 0.559. The van der Waals surface area contributed by atoms with Crippen LogP contribution in [0.2, 0.25) is 0 Å². The van der Waals surface area contributed by atoms with Gasteiger partial charge in [0.05, 0.1) is 12.4 Å². The molecule has 0 aliphatic carbocycles. The fraction of sp³-hybridized carbons (Fsp3) is 0.688. The Bertz CT molecular complexity index is 513. The zero-order valence-electron chi connectivity index (χ0n) is 14.6. The highest BCUT2D eigenvalue weighted by Crippen LogP contribution is 2.28. The number of nitrogens with zero attached hydrogens (tertiary/aromatic N) is 2. The van der Waals surface area contributed by atoms with Crippen molar-refractivity contribution >= 4 is 30.1 Å². The molecule has 1 amide bonds. The number of nitrogens with one attached hydrogen (secondary N) is 2. The van der Waals surface area contributed by atoms with Crippen molar-refractivity contribution in [2.24, 2.45) is 5.41 Å². The third-order valence-electron chi connectivity index (χ3n) is 4.07. The van der Waals surface area contributed by atoms with E-state index in [0.717, 1.165) is 37.3 Å². The zero-order valence-corrected chi connectivity index (χ0v) is 16.2. The van der Waals surface area contributed by atoms with E-state index >= 15 is 0 Å². The molecule has 0 radical (unpaired) electrons. The Kier molecular flexibility index (Phi) is 8.97. The molecule has 2 heterocycles. The van der Waals surface area contributed by atoms with Gasteiger partial charge in [-0.1, -0.05) is 11.8 Å². The van der Waals surface area contributed by atoms with Crippen LogP contribution in [0, 0.1) is 19.3 Å². The van der Waals surface area contributed by atoms with Gasteiger partial charge in [-0.2, -0.15) is 0 Å². The van der Waals surface area contributed by atoms with Crippen molar-refractivity contribution in [3.8, 4) is 0 Å². The maximum atomic E-state index is 12.1. The highest BCUT2D eigenvalue weighted by molar-refractivity contribution is 7.99. The van der Waals surface area contributed by atoms with E-state index < -0.39 is 0 Å². The molecule has 2 rings (SSSR count). The summed E-state index contributed by atoms with van der Waals surface area (Å²) < 4.78 is 5.37. The Morgan fingerprint density at radius 3 is 2.54 bits per heavy atom. The van der Waals surface area contributed by atoms with Crippen LogP contribution in [0.5, 0.6) is 0 Å². The molecule has 136 valence electrons. The molecular weight excluding hydrogens is 348 g/mol. The Morgan fingerprint density at radius 1 is 1.33 bits per heavy atom. The maximum absolute atomic E-state index is 12.1. The van der Waals surface area contributed by atoms with Crippen LogP contribution in [0.1, 0.15) is 24.2 Å². The molecule has 1 aliphatic heterocycles. The molecule has 24 heavy (non-hydrogen) atoms. The second-order valence-corrected chi connectivity index (χ2v) is 7.12. The standard InChI is InChI=1S/C16H26N4O2S.ClH/c1-12-8-13(2)20-15(19-12)23-9-14(21)18-10-16(11-22-3)4-6-17-7-5-16;/h8,17H,4-7,9-11H2,1-3H3,(H,18,21);1H. The minimum Gasteiger partial charge on any atom is -0.384 e. The number of aromatic nitrogens is 2. The maximum Gasteiger partial charge on any atom is 0.230 e. The van der Waals surface area contributed by atoms with Crippen molar-refractivity contribution in [1.29, 1.82) is 0 Å². The highest BCUT2D eigenvalue weighted by atomic mass is 35.5. The molecule has 1 fully saturated rings. The van der Waals surface area contributed by atoms with Crippen LogP contribution < -0.4 is 10.6 Å². The first-order valence-corrected chi connectivity index (χ1v) is 8.93. The monoisotopic (exact) mass is 374 g/mol. The molecule has 1 saturated heterocycles. The first-order chi connectivity index (χ1) is 11.0. The summed E-state index contributed by atoms with van der Waals surface area (Å²) in [7, 11) is 1.72. The van der Waals surface area contributed by atoms with Gasteiger partial charge in [-0.3, -0.25) is 4.79 Å². The fourth-order valence-electron chi connectivity index (χ4n) is 2.86. The topological polar surface area (TPSA) is 76.1 Å². The first kappa shape index (κ1) is 21.2. The third kappa shape index (κ3) is 6.55. The van der Waals surface area contributed by atoms with Crippen LogP contribution in [0.15, 0.2) is 11.2 Å². The molecule has 6 nitrogen and oxygen atoms in total. The van der Waals surface area contributed by atoms with Crippen LogP contribution in [0.4, 0.5) is 0 Å².